The van der Waals surface area contributed by atoms with Gasteiger partial charge in [0.2, 0.25) is 0 Å². The van der Waals surface area contributed by atoms with Crippen molar-refractivity contribution in [1.29, 1.82) is 0 Å². The Kier molecular flexibility index (Phi) is 4.29. The zero-order valence-electron chi connectivity index (χ0n) is 14.3. The fourth-order valence-electron chi connectivity index (χ4n) is 2.96. The van der Waals surface area contributed by atoms with Crippen molar-refractivity contribution in [3.63, 3.8) is 0 Å². The van der Waals surface area contributed by atoms with E-state index in [1.165, 1.54) is 11.8 Å². The number of hydrogen-bond acceptors (Lipinski definition) is 5. The van der Waals surface area contributed by atoms with Crippen LogP contribution in [0.4, 0.5) is 5.69 Å². The lowest BCUT2D eigenvalue weighted by atomic mass is 10.0. The molecule has 0 aromatic heterocycles. The van der Waals surface area contributed by atoms with E-state index in [4.69, 9.17) is 0 Å². The number of nitrogens with one attached hydrogen (secondary N) is 2. The first-order valence-corrected chi connectivity index (χ1v) is 9.03. The minimum Gasteiger partial charge on any atom is -0.478 e. The van der Waals surface area contributed by atoms with Gasteiger partial charge in [-0.15, -0.1) is 0 Å². The van der Waals surface area contributed by atoms with Crippen molar-refractivity contribution in [2.75, 3.05) is 5.32 Å². The summed E-state index contributed by atoms with van der Waals surface area (Å²) in [7, 11) is 0. The van der Waals surface area contributed by atoms with E-state index in [1.54, 1.807) is 25.1 Å². The third-order valence-electron chi connectivity index (χ3n) is 4.23. The summed E-state index contributed by atoms with van der Waals surface area (Å²) in [5.74, 6) is -1.21. The number of thioether (sulfide) groups is 1. The summed E-state index contributed by atoms with van der Waals surface area (Å²) >= 11 is 1.46. The van der Waals surface area contributed by atoms with Gasteiger partial charge in [0.05, 0.1) is 22.5 Å². The molecule has 2 aromatic carbocycles. The van der Waals surface area contributed by atoms with Crippen molar-refractivity contribution < 1.29 is 14.7 Å². The van der Waals surface area contributed by atoms with Gasteiger partial charge in [0.25, 0.3) is 5.91 Å². The monoisotopic (exact) mass is 377 g/mol. The van der Waals surface area contributed by atoms with Gasteiger partial charge in [0.15, 0.2) is 0 Å². The Labute approximate surface area is 159 Å². The molecule has 27 heavy (non-hydrogen) atoms. The maximum Gasteiger partial charge on any atom is 0.335 e. The molecule has 7 heteroatoms. The second-order valence-electron chi connectivity index (χ2n) is 6.04. The van der Waals surface area contributed by atoms with E-state index in [2.05, 4.69) is 15.8 Å². The first-order valence-electron chi connectivity index (χ1n) is 8.21. The zero-order valence-corrected chi connectivity index (χ0v) is 15.1. The molecule has 0 saturated carbocycles. The molecule has 6 nitrogen and oxygen atoms in total. The van der Waals surface area contributed by atoms with Crippen LogP contribution in [-0.4, -0.2) is 22.7 Å². The number of para-hydroxylation sites is 1. The number of allylic oxidation sites excluding steroid dienone is 1. The van der Waals surface area contributed by atoms with Crippen LogP contribution in [0.25, 0.3) is 4.91 Å². The number of carbonyl (C=O) groups is 2. The van der Waals surface area contributed by atoms with E-state index in [-0.39, 0.29) is 11.5 Å². The van der Waals surface area contributed by atoms with E-state index < -0.39 is 5.97 Å². The number of amides is 1. The normalized spacial score (nSPS) is 18.2. The number of anilines is 1. The van der Waals surface area contributed by atoms with Gasteiger partial charge in [-0.2, -0.15) is 5.10 Å². The Hall–Kier alpha value is -3.32. The minimum absolute atomic E-state index is 0.236. The van der Waals surface area contributed by atoms with E-state index in [0.717, 1.165) is 21.1 Å². The van der Waals surface area contributed by atoms with Crippen LogP contribution in [-0.2, 0) is 4.79 Å². The quantitative estimate of drug-likeness (QED) is 0.710. The number of fused-ring (bicyclic) bond motifs is 1. The molecule has 0 saturated heterocycles. The van der Waals surface area contributed by atoms with Crippen LogP contribution >= 0.6 is 11.8 Å². The molecule has 0 spiro atoms. The molecule has 0 atom stereocenters. The van der Waals surface area contributed by atoms with Crippen LogP contribution in [0, 0.1) is 0 Å². The number of carboxylic acids is 1. The highest BCUT2D eigenvalue weighted by atomic mass is 32.2. The number of nitrogens with zero attached hydrogens (tertiary/aromatic N) is 1. The second kappa shape index (κ2) is 6.77. The van der Waals surface area contributed by atoms with Crippen LogP contribution < -0.4 is 10.7 Å². The lowest BCUT2D eigenvalue weighted by molar-refractivity contribution is -0.116. The summed E-state index contributed by atoms with van der Waals surface area (Å²) in [6.45, 7) is 1.78. The smallest absolute Gasteiger partial charge is 0.335 e. The summed E-state index contributed by atoms with van der Waals surface area (Å²) in [5, 5.41) is 16.5. The van der Waals surface area contributed by atoms with Gasteiger partial charge in [-0.1, -0.05) is 36.0 Å². The minimum atomic E-state index is -0.964. The zero-order chi connectivity index (χ0) is 19.0. The molecule has 0 fully saturated rings. The second-order valence-corrected chi connectivity index (χ2v) is 7.16. The fourth-order valence-corrected chi connectivity index (χ4v) is 4.01. The van der Waals surface area contributed by atoms with Gasteiger partial charge in [0, 0.05) is 21.1 Å². The average molecular weight is 377 g/mol. The van der Waals surface area contributed by atoms with Gasteiger partial charge in [-0.05, 0) is 37.3 Å². The molecule has 0 unspecified atom stereocenters. The third kappa shape index (κ3) is 3.24. The molecule has 1 amide bonds. The maximum atomic E-state index is 12.2. The molecule has 2 heterocycles. The molecule has 2 aliphatic rings. The first-order chi connectivity index (χ1) is 13.0. The largest absolute Gasteiger partial charge is 0.478 e. The van der Waals surface area contributed by atoms with Crippen LogP contribution in [0.2, 0.25) is 0 Å². The molecule has 2 aromatic rings. The lowest BCUT2D eigenvalue weighted by Crippen LogP contribution is -2.18. The molecule has 4 rings (SSSR count). The predicted octanol–water partition coefficient (Wildman–Crippen LogP) is 3.70. The summed E-state index contributed by atoms with van der Waals surface area (Å²) in [6, 6.07) is 14.6. The summed E-state index contributed by atoms with van der Waals surface area (Å²) in [6.07, 6.45) is 1.90. The Morgan fingerprint density at radius 3 is 2.70 bits per heavy atom. The van der Waals surface area contributed by atoms with Crippen LogP contribution in [0.1, 0.15) is 22.8 Å². The number of aromatic carboxylic acids is 1. The van der Waals surface area contributed by atoms with Gasteiger partial charge < -0.3 is 10.4 Å². The molecule has 3 N–H and O–H groups in total. The van der Waals surface area contributed by atoms with Gasteiger partial charge >= 0.3 is 5.97 Å². The first kappa shape index (κ1) is 17.1. The van der Waals surface area contributed by atoms with Crippen LogP contribution in [0.3, 0.4) is 0 Å². The van der Waals surface area contributed by atoms with Crippen molar-refractivity contribution in [3.8, 4) is 0 Å². The topological polar surface area (TPSA) is 90.8 Å². The number of carboxylic acid groups (broad SMARTS) is 1. The van der Waals surface area contributed by atoms with Crippen molar-refractivity contribution in [2.45, 2.75) is 11.8 Å². The summed E-state index contributed by atoms with van der Waals surface area (Å²) in [5.41, 5.74) is 6.37. The van der Waals surface area contributed by atoms with E-state index in [9.17, 15) is 14.7 Å². The fraction of sp³-hybridized carbons (Fsp3) is 0.0500. The van der Waals surface area contributed by atoms with Crippen molar-refractivity contribution in [1.82, 2.24) is 5.43 Å². The van der Waals surface area contributed by atoms with Crippen molar-refractivity contribution in [2.24, 2.45) is 5.10 Å². The Balaban J connectivity index is 1.80. The number of hydrazone groups is 1. The molecule has 2 aliphatic heterocycles. The van der Waals surface area contributed by atoms with Crippen molar-refractivity contribution >= 4 is 39.9 Å². The molecule has 134 valence electrons. The van der Waals surface area contributed by atoms with Crippen LogP contribution in [0.15, 0.2) is 75.9 Å². The van der Waals surface area contributed by atoms with Crippen molar-refractivity contribution in [3.05, 3.63) is 77.0 Å². The van der Waals surface area contributed by atoms with Crippen LogP contribution in [0.5, 0.6) is 0 Å². The number of benzene rings is 2. The van der Waals surface area contributed by atoms with E-state index >= 15 is 0 Å². The van der Waals surface area contributed by atoms with Gasteiger partial charge in [0.1, 0.15) is 0 Å². The molecular weight excluding hydrogens is 362 g/mol. The SMILES string of the molecule is CC1=NNC(=O)/C1=C1/C=C(Sc2cccc(C(=O)O)c2)c2ccccc2N1. The van der Waals surface area contributed by atoms with E-state index in [0.29, 0.717) is 17.0 Å². The molecule has 0 aliphatic carbocycles. The maximum absolute atomic E-state index is 12.2. The summed E-state index contributed by atoms with van der Waals surface area (Å²) in [4.78, 5) is 25.1. The Morgan fingerprint density at radius 2 is 1.96 bits per heavy atom. The van der Waals surface area contributed by atoms with Gasteiger partial charge in [-0.25, -0.2) is 10.2 Å². The predicted molar refractivity (Wildman–Crippen MR) is 106 cm³/mol. The highest BCUT2D eigenvalue weighted by Crippen LogP contribution is 2.42. The Morgan fingerprint density at radius 1 is 1.15 bits per heavy atom. The summed E-state index contributed by atoms with van der Waals surface area (Å²) < 4.78 is 0. The highest BCUT2D eigenvalue weighted by molar-refractivity contribution is 8.08. The van der Waals surface area contributed by atoms with E-state index in [1.807, 2.05) is 36.4 Å². The average Bonchev–Trinajstić information content (AvgIpc) is 3.00. The molecule has 0 bridgehead atoms. The number of hydrogen-bond donors (Lipinski definition) is 3. The number of carbonyl (C=O) groups excluding carboxylic acids is 1. The van der Waals surface area contributed by atoms with Gasteiger partial charge in [-0.3, -0.25) is 4.79 Å². The highest BCUT2D eigenvalue weighted by Gasteiger charge is 2.26. The standard InChI is InChI=1S/C20H15N3O3S/c1-11-18(19(24)23-22-11)16-10-17(14-7-2-3-8-15(14)21-16)27-13-6-4-5-12(9-13)20(25)26/h2-10,21H,1H3,(H,23,24)(H,25,26)/b18-16-. The lowest BCUT2D eigenvalue weighted by Gasteiger charge is -2.22. The Bertz CT molecular complexity index is 1070. The molecular formula is C20H15N3O3S. The number of rotatable bonds is 3. The molecule has 0 radical (unpaired) electrons. The third-order valence-corrected chi connectivity index (χ3v) is 5.28.